The minimum Gasteiger partial charge on any atom is -0.445 e. The fraction of sp³-hybridized carbons (Fsp3) is 0.378. The number of aromatic nitrogens is 2. The van der Waals surface area contributed by atoms with Gasteiger partial charge in [0.05, 0.1) is 22.8 Å². The van der Waals surface area contributed by atoms with Crippen molar-refractivity contribution < 1.29 is 29.0 Å². The molecule has 0 bridgehead atoms. The van der Waals surface area contributed by atoms with Crippen LogP contribution in [0.2, 0.25) is 0 Å². The van der Waals surface area contributed by atoms with Crippen LogP contribution in [0.1, 0.15) is 54.6 Å². The van der Waals surface area contributed by atoms with Gasteiger partial charge < -0.3 is 30.5 Å². The zero-order valence-corrected chi connectivity index (χ0v) is 28.9. The van der Waals surface area contributed by atoms with Gasteiger partial charge in [-0.05, 0) is 48.8 Å². The molecule has 4 N–H and O–H groups in total. The molecule has 0 aliphatic rings. The molecule has 260 valence electrons. The molecule has 2 aromatic carbocycles. The fourth-order valence-electron chi connectivity index (χ4n) is 5.24. The van der Waals surface area contributed by atoms with E-state index in [1.807, 2.05) is 86.8 Å². The Hall–Kier alpha value is -4.81. The van der Waals surface area contributed by atoms with E-state index in [9.17, 15) is 19.5 Å². The maximum Gasteiger partial charge on any atom is 0.408 e. The highest BCUT2D eigenvalue weighted by atomic mass is 32.1. The highest BCUT2D eigenvalue weighted by Gasteiger charge is 2.30. The number of hydrogen-bond donors (Lipinski definition) is 4. The number of thiazole rings is 1. The van der Waals surface area contributed by atoms with E-state index < -0.39 is 42.3 Å². The van der Waals surface area contributed by atoms with Crippen molar-refractivity contribution in [2.24, 2.45) is 5.92 Å². The molecule has 0 saturated heterocycles. The number of aliphatic hydroxyl groups is 1. The number of alkyl carbamates (subject to hydrolysis) is 2. The largest absolute Gasteiger partial charge is 0.445 e. The van der Waals surface area contributed by atoms with Gasteiger partial charge in [-0.15, -0.1) is 11.3 Å². The van der Waals surface area contributed by atoms with Crippen molar-refractivity contribution in [2.75, 3.05) is 0 Å². The van der Waals surface area contributed by atoms with Gasteiger partial charge >= 0.3 is 12.2 Å². The summed E-state index contributed by atoms with van der Waals surface area (Å²) >= 11 is 1.50. The van der Waals surface area contributed by atoms with E-state index in [0.717, 1.165) is 28.1 Å². The molecule has 49 heavy (non-hydrogen) atoms. The third-order valence-electron chi connectivity index (χ3n) is 7.83. The smallest absolute Gasteiger partial charge is 0.408 e. The number of carbonyl (C=O) groups excluding carboxylic acids is 3. The number of nitrogens with zero attached hydrogens (tertiary/aromatic N) is 2. The molecule has 0 radical (unpaired) electrons. The minimum atomic E-state index is -1.07. The van der Waals surface area contributed by atoms with Crippen LogP contribution in [0.4, 0.5) is 9.59 Å². The van der Waals surface area contributed by atoms with Gasteiger partial charge in [-0.2, -0.15) is 0 Å². The van der Waals surface area contributed by atoms with E-state index in [1.165, 1.54) is 11.3 Å². The minimum absolute atomic E-state index is 0.00192. The van der Waals surface area contributed by atoms with Crippen molar-refractivity contribution in [2.45, 2.75) is 83.9 Å². The number of aliphatic hydroxyl groups excluding tert-OH is 1. The number of hydrogen-bond acceptors (Lipinski definition) is 9. The molecule has 4 aromatic rings. The molecule has 12 heteroatoms. The van der Waals surface area contributed by atoms with E-state index in [2.05, 4.69) is 25.9 Å². The van der Waals surface area contributed by atoms with Crippen LogP contribution in [0.25, 0.3) is 0 Å². The molecule has 0 aliphatic heterocycles. The molecule has 3 amide bonds. The highest BCUT2D eigenvalue weighted by Crippen LogP contribution is 2.16. The number of aryl methyl sites for hydroxylation is 1. The fourth-order valence-corrected chi connectivity index (χ4v) is 5.97. The second kappa shape index (κ2) is 19.3. The van der Waals surface area contributed by atoms with Crippen molar-refractivity contribution in [3.8, 4) is 0 Å². The number of pyridine rings is 1. The van der Waals surface area contributed by atoms with Crippen LogP contribution in [0, 0.1) is 5.92 Å². The van der Waals surface area contributed by atoms with Gasteiger partial charge in [0.1, 0.15) is 19.3 Å². The summed E-state index contributed by atoms with van der Waals surface area (Å²) in [4.78, 5) is 47.8. The molecular formula is C37H45N5O6S. The number of rotatable bonds is 17. The van der Waals surface area contributed by atoms with Crippen LogP contribution >= 0.6 is 11.3 Å². The SMILES string of the molecule is CCc1nc(COC(=O)NC(C(=O)N[C@@H](Cc2ccccc2)C[C@H](O)[C@H](Cc2ccccc2)NC(=O)OCc2cccnc2)C(C)C)cs1. The Kier molecular flexibility index (Phi) is 14.5. The highest BCUT2D eigenvalue weighted by molar-refractivity contribution is 7.09. The summed E-state index contributed by atoms with van der Waals surface area (Å²) in [7, 11) is 0. The second-order valence-corrected chi connectivity index (χ2v) is 13.0. The van der Waals surface area contributed by atoms with Crippen molar-refractivity contribution in [1.29, 1.82) is 0 Å². The van der Waals surface area contributed by atoms with Crippen LogP contribution in [-0.4, -0.2) is 57.4 Å². The van der Waals surface area contributed by atoms with Gasteiger partial charge in [0.15, 0.2) is 0 Å². The summed E-state index contributed by atoms with van der Waals surface area (Å²) in [6.45, 7) is 5.69. The Morgan fingerprint density at radius 2 is 1.45 bits per heavy atom. The summed E-state index contributed by atoms with van der Waals surface area (Å²) in [5.74, 6) is -0.673. The first-order chi connectivity index (χ1) is 23.7. The number of benzene rings is 2. The molecule has 0 aliphatic carbocycles. The lowest BCUT2D eigenvalue weighted by Crippen LogP contribution is -2.54. The molecule has 11 nitrogen and oxygen atoms in total. The predicted octanol–water partition coefficient (Wildman–Crippen LogP) is 5.37. The van der Waals surface area contributed by atoms with Gasteiger partial charge in [-0.1, -0.05) is 87.5 Å². The Labute approximate surface area is 291 Å². The molecule has 2 aromatic heterocycles. The van der Waals surface area contributed by atoms with E-state index in [4.69, 9.17) is 9.47 Å². The van der Waals surface area contributed by atoms with E-state index in [1.54, 1.807) is 24.5 Å². The van der Waals surface area contributed by atoms with Crippen molar-refractivity contribution in [3.63, 3.8) is 0 Å². The lowest BCUT2D eigenvalue weighted by Gasteiger charge is -2.30. The van der Waals surface area contributed by atoms with Crippen LogP contribution in [0.5, 0.6) is 0 Å². The maximum absolute atomic E-state index is 13.7. The first kappa shape index (κ1) is 37.0. The van der Waals surface area contributed by atoms with Gasteiger partial charge in [-0.3, -0.25) is 9.78 Å². The number of amides is 3. The average molecular weight is 688 g/mol. The lowest BCUT2D eigenvalue weighted by atomic mass is 9.93. The third-order valence-corrected chi connectivity index (χ3v) is 8.87. The Bertz CT molecular complexity index is 1590. The van der Waals surface area contributed by atoms with Crippen LogP contribution in [0.3, 0.4) is 0 Å². The second-order valence-electron chi connectivity index (χ2n) is 12.1. The zero-order chi connectivity index (χ0) is 35.0. The Morgan fingerprint density at radius 3 is 2.06 bits per heavy atom. The molecular weight excluding hydrogens is 643 g/mol. The third kappa shape index (κ3) is 12.6. The van der Waals surface area contributed by atoms with E-state index >= 15 is 0 Å². The van der Waals surface area contributed by atoms with E-state index in [-0.39, 0.29) is 25.6 Å². The molecule has 2 heterocycles. The Balaban J connectivity index is 1.45. The molecule has 0 saturated carbocycles. The van der Waals surface area contributed by atoms with Gasteiger partial charge in [0, 0.05) is 29.4 Å². The van der Waals surface area contributed by atoms with Crippen LogP contribution in [0.15, 0.2) is 90.6 Å². The summed E-state index contributed by atoms with van der Waals surface area (Å²) in [5.41, 5.74) is 3.24. The number of ether oxygens (including phenoxy) is 2. The lowest BCUT2D eigenvalue weighted by molar-refractivity contribution is -0.125. The van der Waals surface area contributed by atoms with Gasteiger partial charge in [0.25, 0.3) is 0 Å². The summed E-state index contributed by atoms with van der Waals surface area (Å²) in [6.07, 6.45) is 2.42. The first-order valence-electron chi connectivity index (χ1n) is 16.4. The molecule has 0 fully saturated rings. The zero-order valence-electron chi connectivity index (χ0n) is 28.1. The topological polar surface area (TPSA) is 152 Å². The van der Waals surface area contributed by atoms with Crippen LogP contribution < -0.4 is 16.0 Å². The quantitative estimate of drug-likeness (QED) is 0.116. The molecule has 4 rings (SSSR count). The van der Waals surface area contributed by atoms with Crippen molar-refractivity contribution in [1.82, 2.24) is 25.9 Å². The van der Waals surface area contributed by atoms with Gasteiger partial charge in [0.2, 0.25) is 5.91 Å². The maximum atomic E-state index is 13.7. The van der Waals surface area contributed by atoms with E-state index in [0.29, 0.717) is 18.5 Å². The first-order valence-corrected chi connectivity index (χ1v) is 17.3. The average Bonchev–Trinajstić information content (AvgIpc) is 3.58. The summed E-state index contributed by atoms with van der Waals surface area (Å²) in [5, 5.41) is 23.0. The number of carbonyl (C=O) groups is 3. The molecule has 4 atom stereocenters. The Morgan fingerprint density at radius 1 is 0.816 bits per heavy atom. The normalized spacial score (nSPS) is 13.5. The van der Waals surface area contributed by atoms with Crippen LogP contribution in [-0.2, 0) is 46.7 Å². The van der Waals surface area contributed by atoms with Gasteiger partial charge in [-0.25, -0.2) is 14.6 Å². The van der Waals surface area contributed by atoms with Crippen molar-refractivity contribution >= 4 is 29.4 Å². The monoisotopic (exact) mass is 687 g/mol. The summed E-state index contributed by atoms with van der Waals surface area (Å²) < 4.78 is 10.8. The molecule has 1 unspecified atom stereocenters. The molecule has 0 spiro atoms. The summed E-state index contributed by atoms with van der Waals surface area (Å²) in [6, 6.07) is 20.5. The predicted molar refractivity (Wildman–Crippen MR) is 188 cm³/mol. The van der Waals surface area contributed by atoms with Crippen molar-refractivity contribution in [3.05, 3.63) is 118 Å². The standard InChI is InChI=1S/C37H45N5O6S/c1-4-33-39-30(24-49-33)23-48-37(46)42-34(25(2)3)35(44)40-29(18-26-12-7-5-8-13-26)20-32(43)31(19-27-14-9-6-10-15-27)41-36(45)47-22-28-16-11-17-38-21-28/h5-17,21,24-25,29,31-32,34,43H,4,18-20,22-23H2,1-3H3,(H,40,44)(H,41,45)(H,42,46)/t29-,31-,32-,34?/m0/s1. The number of nitrogens with one attached hydrogen (secondary N) is 3.